The largest absolute Gasteiger partial charge is 0.507 e. The molecular weight excluding hydrogens is 358 g/mol. The topological polar surface area (TPSA) is 87.8 Å². The van der Waals surface area contributed by atoms with E-state index in [9.17, 15) is 19.5 Å². The maximum Gasteiger partial charge on any atom is 0.339 e. The lowest BCUT2D eigenvalue weighted by molar-refractivity contribution is -0.119. The number of hydrogen-bond acceptors (Lipinski definition) is 6. The highest BCUT2D eigenvalue weighted by Gasteiger charge is 2.17. The number of benzene rings is 1. The van der Waals surface area contributed by atoms with Gasteiger partial charge in [-0.2, -0.15) is 0 Å². The number of likely N-dealkylation sites (tertiary alicyclic amines) is 1. The number of rotatable bonds is 8. The molecule has 0 amide bonds. The monoisotopic (exact) mass is 385 g/mol. The second-order valence-corrected chi connectivity index (χ2v) is 7.53. The summed E-state index contributed by atoms with van der Waals surface area (Å²) >= 11 is 0. The number of hydrogen-bond donors (Lipinski definition) is 1. The van der Waals surface area contributed by atoms with Crippen molar-refractivity contribution in [3.8, 4) is 5.75 Å². The molecule has 0 bridgehead atoms. The second kappa shape index (κ2) is 9.15. The summed E-state index contributed by atoms with van der Waals surface area (Å²) < 4.78 is 5.30. The Kier molecular flexibility index (Phi) is 6.62. The number of piperidine rings is 1. The highest BCUT2D eigenvalue weighted by molar-refractivity contribution is 5.98. The Morgan fingerprint density at radius 2 is 1.96 bits per heavy atom. The van der Waals surface area contributed by atoms with Crippen molar-refractivity contribution in [2.24, 2.45) is 0 Å². The third-order valence-corrected chi connectivity index (χ3v) is 5.62. The Balaban J connectivity index is 1.64. The molecule has 3 rings (SSSR count). The van der Waals surface area contributed by atoms with Crippen molar-refractivity contribution < 1.29 is 19.1 Å². The molecule has 2 aromatic rings. The minimum absolute atomic E-state index is 0.0296. The zero-order valence-electron chi connectivity index (χ0n) is 16.3. The second-order valence-electron chi connectivity index (χ2n) is 7.53. The number of Topliss-reactive ketones (excluding diaryl/α,β-unsaturated/α-hetero) is 1. The van der Waals surface area contributed by atoms with Crippen molar-refractivity contribution in [3.63, 3.8) is 0 Å². The Hall–Kier alpha value is -2.47. The fraction of sp³-hybridized carbons (Fsp3) is 0.500. The third kappa shape index (κ3) is 4.50. The predicted octanol–water partition coefficient (Wildman–Crippen LogP) is 3.39. The van der Waals surface area contributed by atoms with Crippen molar-refractivity contribution in [2.75, 3.05) is 19.6 Å². The van der Waals surface area contributed by atoms with Crippen molar-refractivity contribution in [3.05, 3.63) is 39.2 Å². The number of aromatic hydroxyl groups is 1. The van der Waals surface area contributed by atoms with E-state index in [0.29, 0.717) is 42.1 Å². The van der Waals surface area contributed by atoms with Crippen LogP contribution in [0.4, 0.5) is 0 Å². The third-order valence-electron chi connectivity index (χ3n) is 5.62. The molecule has 1 N–H and O–H groups in total. The summed E-state index contributed by atoms with van der Waals surface area (Å²) in [6.45, 7) is 5.00. The highest BCUT2D eigenvalue weighted by Crippen LogP contribution is 2.28. The first kappa shape index (κ1) is 20.3. The molecule has 150 valence electrons. The zero-order chi connectivity index (χ0) is 20.1. The van der Waals surface area contributed by atoms with Crippen LogP contribution in [-0.4, -0.2) is 41.7 Å². The molecule has 28 heavy (non-hydrogen) atoms. The van der Waals surface area contributed by atoms with Crippen LogP contribution >= 0.6 is 0 Å². The van der Waals surface area contributed by atoms with Gasteiger partial charge in [0.15, 0.2) is 11.9 Å². The normalized spacial score (nSPS) is 15.0. The van der Waals surface area contributed by atoms with E-state index in [1.54, 1.807) is 13.0 Å². The van der Waals surface area contributed by atoms with Crippen molar-refractivity contribution >= 4 is 23.0 Å². The van der Waals surface area contributed by atoms with E-state index in [2.05, 4.69) is 4.90 Å². The van der Waals surface area contributed by atoms with Crippen LogP contribution in [0.2, 0.25) is 0 Å². The Morgan fingerprint density at radius 1 is 1.21 bits per heavy atom. The molecule has 1 aromatic carbocycles. The SMILES string of the molecule is Cc1c(CCC(=O)CCCN2CCCCC2)c(=O)oc2c(C=O)c(O)ccc12. The lowest BCUT2D eigenvalue weighted by Crippen LogP contribution is -2.30. The van der Waals surface area contributed by atoms with Crippen LogP contribution in [0.15, 0.2) is 21.3 Å². The minimum atomic E-state index is -0.556. The summed E-state index contributed by atoms with van der Waals surface area (Å²) in [6.07, 6.45) is 6.27. The molecule has 1 aliphatic rings. The van der Waals surface area contributed by atoms with Crippen LogP contribution in [0.5, 0.6) is 5.75 Å². The summed E-state index contributed by atoms with van der Waals surface area (Å²) in [4.78, 5) is 38.3. The first-order chi connectivity index (χ1) is 13.5. The fourth-order valence-electron chi connectivity index (χ4n) is 3.94. The summed E-state index contributed by atoms with van der Waals surface area (Å²) in [5.41, 5.74) is 0.654. The summed E-state index contributed by atoms with van der Waals surface area (Å²) in [7, 11) is 0. The van der Waals surface area contributed by atoms with Gasteiger partial charge in [-0.25, -0.2) is 4.79 Å². The molecule has 6 nitrogen and oxygen atoms in total. The standard InChI is InChI=1S/C22H27NO5/c1-15-17-9-10-20(26)19(14-24)21(17)28-22(27)18(15)8-7-16(25)6-5-13-23-11-3-2-4-12-23/h9-10,14,26H,2-8,11-13H2,1H3. The molecule has 0 spiro atoms. The number of aldehydes is 1. The Morgan fingerprint density at radius 3 is 2.68 bits per heavy atom. The lowest BCUT2D eigenvalue weighted by atomic mass is 9.98. The number of carbonyl (C=O) groups is 2. The highest BCUT2D eigenvalue weighted by atomic mass is 16.4. The maximum atomic E-state index is 12.4. The number of phenolic OH excluding ortho intramolecular Hbond substituents is 1. The van der Waals surface area contributed by atoms with Crippen LogP contribution in [0.3, 0.4) is 0 Å². The molecule has 1 saturated heterocycles. The van der Waals surface area contributed by atoms with E-state index >= 15 is 0 Å². The minimum Gasteiger partial charge on any atom is -0.507 e. The van der Waals surface area contributed by atoms with Crippen LogP contribution in [0.25, 0.3) is 11.0 Å². The number of ketones is 1. The first-order valence-electron chi connectivity index (χ1n) is 9.98. The van der Waals surface area contributed by atoms with Gasteiger partial charge in [-0.15, -0.1) is 0 Å². The average molecular weight is 385 g/mol. The Labute approximate surface area is 164 Å². The number of nitrogens with zero attached hydrogens (tertiary/aromatic N) is 1. The predicted molar refractivity (Wildman–Crippen MR) is 107 cm³/mol. The van der Waals surface area contributed by atoms with Gasteiger partial charge >= 0.3 is 5.63 Å². The fourth-order valence-corrected chi connectivity index (χ4v) is 3.94. The van der Waals surface area contributed by atoms with E-state index in [1.165, 1.54) is 25.3 Å². The van der Waals surface area contributed by atoms with Crippen molar-refractivity contribution in [2.45, 2.75) is 51.9 Å². The lowest BCUT2D eigenvalue weighted by Gasteiger charge is -2.26. The molecule has 1 aliphatic heterocycles. The number of carbonyl (C=O) groups excluding carboxylic acids is 2. The van der Waals surface area contributed by atoms with E-state index in [1.807, 2.05) is 0 Å². The van der Waals surface area contributed by atoms with Gasteiger partial charge in [0.05, 0.1) is 5.56 Å². The molecule has 0 saturated carbocycles. The van der Waals surface area contributed by atoms with Crippen molar-refractivity contribution in [1.29, 1.82) is 0 Å². The average Bonchev–Trinajstić information content (AvgIpc) is 2.68. The van der Waals surface area contributed by atoms with Gasteiger partial charge < -0.3 is 14.4 Å². The first-order valence-corrected chi connectivity index (χ1v) is 9.98. The number of aryl methyl sites for hydroxylation is 1. The van der Waals surface area contributed by atoms with Gasteiger partial charge in [0.1, 0.15) is 11.5 Å². The molecule has 2 heterocycles. The molecule has 1 fully saturated rings. The van der Waals surface area contributed by atoms with Crippen molar-refractivity contribution in [1.82, 2.24) is 4.90 Å². The molecule has 1 aromatic heterocycles. The van der Waals surface area contributed by atoms with Gasteiger partial charge in [-0.05, 0) is 69.9 Å². The Bertz CT molecular complexity index is 925. The van der Waals surface area contributed by atoms with Gasteiger partial charge in [0, 0.05) is 23.8 Å². The molecule has 0 unspecified atom stereocenters. The number of fused-ring (bicyclic) bond motifs is 1. The van der Waals surface area contributed by atoms with Gasteiger partial charge in [-0.3, -0.25) is 9.59 Å². The van der Waals surface area contributed by atoms with Gasteiger partial charge in [0.25, 0.3) is 0 Å². The summed E-state index contributed by atoms with van der Waals surface area (Å²) in [5, 5.41) is 10.4. The van der Waals surface area contributed by atoms with E-state index in [0.717, 1.165) is 26.1 Å². The van der Waals surface area contributed by atoms with Crippen LogP contribution < -0.4 is 5.63 Å². The quantitative estimate of drug-likeness (QED) is 0.554. The molecule has 6 heteroatoms. The van der Waals surface area contributed by atoms with E-state index in [-0.39, 0.29) is 22.7 Å². The molecular formula is C22H27NO5. The van der Waals surface area contributed by atoms with E-state index < -0.39 is 5.63 Å². The summed E-state index contributed by atoms with van der Waals surface area (Å²) in [6, 6.07) is 3.04. The number of phenols is 1. The molecule has 0 radical (unpaired) electrons. The molecule has 0 aliphatic carbocycles. The van der Waals surface area contributed by atoms with Gasteiger partial charge in [0.2, 0.25) is 0 Å². The summed E-state index contributed by atoms with van der Waals surface area (Å²) in [5.74, 6) is -0.0723. The maximum absolute atomic E-state index is 12.4. The van der Waals surface area contributed by atoms with Gasteiger partial charge in [-0.1, -0.05) is 6.42 Å². The van der Waals surface area contributed by atoms with Crippen LogP contribution in [-0.2, 0) is 11.2 Å². The van der Waals surface area contributed by atoms with Crippen LogP contribution in [0, 0.1) is 6.92 Å². The molecule has 0 atom stereocenters. The van der Waals surface area contributed by atoms with Crippen LogP contribution in [0.1, 0.15) is 60.0 Å². The zero-order valence-corrected chi connectivity index (χ0v) is 16.3. The smallest absolute Gasteiger partial charge is 0.339 e. The van der Waals surface area contributed by atoms with E-state index in [4.69, 9.17) is 4.42 Å².